The minimum Gasteiger partial charge on any atom is -0.481 e. The van der Waals surface area contributed by atoms with E-state index in [0.717, 1.165) is 5.69 Å². The summed E-state index contributed by atoms with van der Waals surface area (Å²) in [6.07, 6.45) is 0.0582. The molecule has 5 heteroatoms. The Morgan fingerprint density at radius 1 is 1.41 bits per heavy atom. The maximum atomic E-state index is 10.5. The average Bonchev–Trinajstić information content (AvgIpc) is 2.15. The first kappa shape index (κ1) is 13.4. The second-order valence-corrected chi connectivity index (χ2v) is 5.20. The average molecular weight is 237 g/mol. The molecule has 1 unspecified atom stereocenters. The number of hydrogen-bond donors (Lipinski definition) is 2. The summed E-state index contributed by atoms with van der Waals surface area (Å²) in [5.74, 6) is -0.226. The number of aromatic nitrogens is 2. The Hall–Kier alpha value is -1.65. The molecule has 0 radical (unpaired) electrons. The zero-order chi connectivity index (χ0) is 13.1. The molecule has 0 fully saturated rings. The van der Waals surface area contributed by atoms with Crippen molar-refractivity contribution in [3.63, 3.8) is 0 Å². The van der Waals surface area contributed by atoms with Crippen LogP contribution in [0.2, 0.25) is 0 Å². The molecular weight excluding hydrogens is 218 g/mol. The second-order valence-electron chi connectivity index (χ2n) is 5.20. The van der Waals surface area contributed by atoms with Crippen molar-refractivity contribution in [1.82, 2.24) is 10.2 Å². The highest BCUT2D eigenvalue weighted by Gasteiger charge is 2.16. The number of carbonyl (C=O) groups is 1. The van der Waals surface area contributed by atoms with E-state index in [9.17, 15) is 4.79 Å². The van der Waals surface area contributed by atoms with Gasteiger partial charge in [-0.2, -0.15) is 5.10 Å². The topological polar surface area (TPSA) is 75.1 Å². The quantitative estimate of drug-likeness (QED) is 0.838. The summed E-state index contributed by atoms with van der Waals surface area (Å²) >= 11 is 0. The van der Waals surface area contributed by atoms with Crippen LogP contribution < -0.4 is 5.32 Å². The van der Waals surface area contributed by atoms with Crippen molar-refractivity contribution in [1.29, 1.82) is 0 Å². The van der Waals surface area contributed by atoms with Gasteiger partial charge in [-0.15, -0.1) is 5.10 Å². The molecule has 0 aliphatic heterocycles. The smallest absolute Gasteiger partial charge is 0.305 e. The molecule has 0 bridgehead atoms. The summed E-state index contributed by atoms with van der Waals surface area (Å²) in [5, 5.41) is 19.8. The SMILES string of the molecule is CC(CC(=O)O)Nc1ccc(C(C)(C)C)nn1. The standard InChI is InChI=1S/C12H19N3O2/c1-8(7-11(16)17)13-10-6-5-9(14-15-10)12(2,3)4/h5-6,8H,7H2,1-4H3,(H,13,15)(H,16,17). The third-order valence-corrected chi connectivity index (χ3v) is 2.31. The maximum Gasteiger partial charge on any atom is 0.305 e. The van der Waals surface area contributed by atoms with E-state index in [4.69, 9.17) is 5.11 Å². The summed E-state index contributed by atoms with van der Waals surface area (Å²) in [4.78, 5) is 10.5. The van der Waals surface area contributed by atoms with Gasteiger partial charge in [0.05, 0.1) is 12.1 Å². The zero-order valence-electron chi connectivity index (χ0n) is 10.7. The lowest BCUT2D eigenvalue weighted by Gasteiger charge is -2.17. The Morgan fingerprint density at radius 2 is 2.06 bits per heavy atom. The van der Waals surface area contributed by atoms with E-state index in [0.29, 0.717) is 5.82 Å². The molecule has 0 saturated heterocycles. The minimum atomic E-state index is -0.829. The number of aliphatic carboxylic acids is 1. The highest BCUT2D eigenvalue weighted by Crippen LogP contribution is 2.19. The van der Waals surface area contributed by atoms with Crippen LogP contribution in [0.15, 0.2) is 12.1 Å². The molecule has 0 aliphatic rings. The lowest BCUT2D eigenvalue weighted by Crippen LogP contribution is -2.21. The number of nitrogens with zero attached hydrogens (tertiary/aromatic N) is 2. The van der Waals surface area contributed by atoms with Crippen LogP contribution in [0.25, 0.3) is 0 Å². The van der Waals surface area contributed by atoms with Gasteiger partial charge in [-0.1, -0.05) is 20.8 Å². The van der Waals surface area contributed by atoms with Gasteiger partial charge in [-0.25, -0.2) is 0 Å². The molecule has 0 aromatic carbocycles. The summed E-state index contributed by atoms with van der Waals surface area (Å²) in [7, 11) is 0. The van der Waals surface area contributed by atoms with Gasteiger partial charge in [-0.3, -0.25) is 4.79 Å². The first-order chi connectivity index (χ1) is 7.79. The van der Waals surface area contributed by atoms with Crippen molar-refractivity contribution in [2.45, 2.75) is 45.6 Å². The number of nitrogens with one attached hydrogen (secondary N) is 1. The Balaban J connectivity index is 2.66. The van der Waals surface area contributed by atoms with Crippen LogP contribution in [0.4, 0.5) is 5.82 Å². The molecule has 2 N–H and O–H groups in total. The predicted octanol–water partition coefficient (Wildman–Crippen LogP) is 2.05. The van der Waals surface area contributed by atoms with E-state index in [-0.39, 0.29) is 17.9 Å². The fourth-order valence-electron chi connectivity index (χ4n) is 1.37. The van der Waals surface area contributed by atoms with Gasteiger partial charge in [0.25, 0.3) is 0 Å². The minimum absolute atomic E-state index is 0.0296. The Bertz CT molecular complexity index is 382. The van der Waals surface area contributed by atoms with Crippen LogP contribution in [0.1, 0.15) is 39.8 Å². The van der Waals surface area contributed by atoms with Gasteiger partial charge in [0, 0.05) is 11.5 Å². The van der Waals surface area contributed by atoms with Crippen LogP contribution in [0, 0.1) is 0 Å². The zero-order valence-corrected chi connectivity index (χ0v) is 10.7. The molecule has 1 aromatic heterocycles. The molecule has 1 aromatic rings. The van der Waals surface area contributed by atoms with E-state index in [1.54, 1.807) is 6.92 Å². The first-order valence-corrected chi connectivity index (χ1v) is 5.61. The molecule has 5 nitrogen and oxygen atoms in total. The lowest BCUT2D eigenvalue weighted by atomic mass is 9.92. The lowest BCUT2D eigenvalue weighted by molar-refractivity contribution is -0.137. The summed E-state index contributed by atoms with van der Waals surface area (Å²) < 4.78 is 0. The van der Waals surface area contributed by atoms with E-state index in [2.05, 4.69) is 36.3 Å². The fraction of sp³-hybridized carbons (Fsp3) is 0.583. The molecule has 0 spiro atoms. The highest BCUT2D eigenvalue weighted by atomic mass is 16.4. The second kappa shape index (κ2) is 5.12. The molecule has 1 heterocycles. The van der Waals surface area contributed by atoms with Gasteiger partial charge in [0.2, 0.25) is 0 Å². The molecule has 0 aliphatic carbocycles. The number of anilines is 1. The van der Waals surface area contributed by atoms with Crippen molar-refractivity contribution >= 4 is 11.8 Å². The van der Waals surface area contributed by atoms with Crippen LogP contribution in [0.5, 0.6) is 0 Å². The molecule has 0 saturated carbocycles. The van der Waals surface area contributed by atoms with Gasteiger partial charge in [0.15, 0.2) is 0 Å². The molecular formula is C12H19N3O2. The third kappa shape index (κ3) is 4.38. The van der Waals surface area contributed by atoms with Crippen molar-refractivity contribution in [3.05, 3.63) is 17.8 Å². The van der Waals surface area contributed by atoms with Crippen LogP contribution in [0.3, 0.4) is 0 Å². The maximum absolute atomic E-state index is 10.5. The molecule has 94 valence electrons. The van der Waals surface area contributed by atoms with Crippen molar-refractivity contribution < 1.29 is 9.90 Å². The third-order valence-electron chi connectivity index (χ3n) is 2.31. The molecule has 17 heavy (non-hydrogen) atoms. The number of hydrogen-bond acceptors (Lipinski definition) is 4. The van der Waals surface area contributed by atoms with E-state index in [1.165, 1.54) is 0 Å². The van der Waals surface area contributed by atoms with Gasteiger partial charge >= 0.3 is 5.97 Å². The summed E-state index contributed by atoms with van der Waals surface area (Å²) in [5.41, 5.74) is 0.882. The highest BCUT2D eigenvalue weighted by molar-refractivity contribution is 5.68. The fourth-order valence-corrected chi connectivity index (χ4v) is 1.37. The number of carboxylic acids is 1. The van der Waals surface area contributed by atoms with Gasteiger partial charge in [-0.05, 0) is 19.1 Å². The summed E-state index contributed by atoms with van der Waals surface area (Å²) in [6.45, 7) is 8.00. The monoisotopic (exact) mass is 237 g/mol. The van der Waals surface area contributed by atoms with Crippen LogP contribution in [-0.4, -0.2) is 27.3 Å². The normalized spacial score (nSPS) is 13.2. The summed E-state index contributed by atoms with van der Waals surface area (Å²) in [6, 6.07) is 3.57. The van der Waals surface area contributed by atoms with Gasteiger partial charge in [0.1, 0.15) is 5.82 Å². The van der Waals surface area contributed by atoms with Crippen LogP contribution >= 0.6 is 0 Å². The van der Waals surface area contributed by atoms with E-state index in [1.807, 2.05) is 12.1 Å². The molecule has 1 atom stereocenters. The largest absolute Gasteiger partial charge is 0.481 e. The van der Waals surface area contributed by atoms with Gasteiger partial charge < -0.3 is 10.4 Å². The predicted molar refractivity (Wildman–Crippen MR) is 66.1 cm³/mol. The number of rotatable bonds is 4. The Kier molecular flexibility index (Phi) is 4.04. The van der Waals surface area contributed by atoms with Crippen molar-refractivity contribution in [2.75, 3.05) is 5.32 Å². The van der Waals surface area contributed by atoms with Crippen molar-refractivity contribution in [2.24, 2.45) is 0 Å². The first-order valence-electron chi connectivity index (χ1n) is 5.61. The Morgan fingerprint density at radius 3 is 2.47 bits per heavy atom. The van der Waals surface area contributed by atoms with Crippen molar-refractivity contribution in [3.8, 4) is 0 Å². The number of carboxylic acid groups (broad SMARTS) is 1. The molecule has 0 amide bonds. The molecule has 1 rings (SSSR count). The Labute approximate surface area is 101 Å². The van der Waals surface area contributed by atoms with E-state index < -0.39 is 5.97 Å². The van der Waals surface area contributed by atoms with E-state index >= 15 is 0 Å². The van der Waals surface area contributed by atoms with Crippen LogP contribution in [-0.2, 0) is 10.2 Å².